The summed E-state index contributed by atoms with van der Waals surface area (Å²) in [6, 6.07) is 6.19. The van der Waals surface area contributed by atoms with Crippen molar-refractivity contribution < 1.29 is 14.3 Å². The Balaban J connectivity index is 1.37. The third-order valence-electron chi connectivity index (χ3n) is 5.60. The number of benzene rings is 1. The highest BCUT2D eigenvalue weighted by atomic mass is 19.1. The fourth-order valence-corrected chi connectivity index (χ4v) is 4.21. The van der Waals surface area contributed by atoms with Gasteiger partial charge in [0.1, 0.15) is 5.82 Å². The van der Waals surface area contributed by atoms with Crippen LogP contribution in [0.5, 0.6) is 0 Å². The maximum absolute atomic E-state index is 14.4. The van der Waals surface area contributed by atoms with Gasteiger partial charge in [-0.05, 0) is 55.9 Å². The second-order valence-corrected chi connectivity index (χ2v) is 7.57. The van der Waals surface area contributed by atoms with Crippen LogP contribution < -0.4 is 10.2 Å². The number of aliphatic hydroxyl groups is 1. The molecule has 0 spiro atoms. The van der Waals surface area contributed by atoms with Gasteiger partial charge in [-0.15, -0.1) is 0 Å². The molecule has 1 aliphatic heterocycles. The monoisotopic (exact) mass is 372 g/mol. The number of nitrogens with zero attached hydrogens (tertiary/aromatic N) is 3. The van der Waals surface area contributed by atoms with Crippen molar-refractivity contribution in [1.29, 1.82) is 0 Å². The van der Waals surface area contributed by atoms with E-state index in [1.54, 1.807) is 18.3 Å². The molecule has 1 aromatic heterocycles. The van der Waals surface area contributed by atoms with Crippen LogP contribution in [0.2, 0.25) is 0 Å². The van der Waals surface area contributed by atoms with E-state index in [-0.39, 0.29) is 29.2 Å². The zero-order valence-electron chi connectivity index (χ0n) is 15.2. The normalized spacial score (nSPS) is 25.1. The number of hydrogen-bond donors (Lipinski definition) is 2. The van der Waals surface area contributed by atoms with Gasteiger partial charge >= 0.3 is 0 Å². The first kappa shape index (κ1) is 18.0. The number of carbonyl (C=O) groups excluding carboxylic acids is 1. The molecule has 1 amide bonds. The van der Waals surface area contributed by atoms with Crippen molar-refractivity contribution in [1.82, 2.24) is 15.1 Å². The molecule has 1 aliphatic carbocycles. The Kier molecular flexibility index (Phi) is 5.11. The molecule has 144 valence electrons. The van der Waals surface area contributed by atoms with Gasteiger partial charge in [0.2, 0.25) is 0 Å². The molecule has 27 heavy (non-hydrogen) atoms. The standard InChI is InChI=1S/C20H25FN4O2/c21-16-12-15(4-5-18(16)24-7-1-2-8-24)20(27)23-17-10-14(11-19(17)26)13-25-9-3-6-22-25/h3-6,9,12,14,17,19,26H,1-2,7-8,10-11,13H2,(H,23,27)/t14?,17-,19-/m1/s1. The summed E-state index contributed by atoms with van der Waals surface area (Å²) in [4.78, 5) is 14.5. The van der Waals surface area contributed by atoms with Crippen molar-refractivity contribution in [3.05, 3.63) is 48.0 Å². The molecule has 2 aliphatic rings. The van der Waals surface area contributed by atoms with Crippen LogP contribution in [0.1, 0.15) is 36.0 Å². The molecule has 7 heteroatoms. The summed E-state index contributed by atoms with van der Waals surface area (Å²) in [7, 11) is 0. The molecular formula is C20H25FN4O2. The highest BCUT2D eigenvalue weighted by Crippen LogP contribution is 2.28. The molecule has 1 saturated heterocycles. The van der Waals surface area contributed by atoms with Gasteiger partial charge in [-0.1, -0.05) is 0 Å². The van der Waals surface area contributed by atoms with Gasteiger partial charge in [0.15, 0.2) is 0 Å². The van der Waals surface area contributed by atoms with E-state index in [1.165, 1.54) is 6.07 Å². The zero-order valence-corrected chi connectivity index (χ0v) is 15.2. The molecule has 2 N–H and O–H groups in total. The number of nitrogens with one attached hydrogen (secondary N) is 1. The molecule has 4 rings (SSSR count). The largest absolute Gasteiger partial charge is 0.391 e. The highest BCUT2D eigenvalue weighted by molar-refractivity contribution is 5.94. The van der Waals surface area contributed by atoms with Crippen molar-refractivity contribution in [3.8, 4) is 0 Å². The molecule has 3 atom stereocenters. The van der Waals surface area contributed by atoms with Crippen LogP contribution in [0, 0.1) is 11.7 Å². The predicted molar refractivity (Wildman–Crippen MR) is 100 cm³/mol. The van der Waals surface area contributed by atoms with Gasteiger partial charge in [0.05, 0.1) is 17.8 Å². The third-order valence-corrected chi connectivity index (χ3v) is 5.60. The van der Waals surface area contributed by atoms with Gasteiger partial charge < -0.3 is 15.3 Å². The summed E-state index contributed by atoms with van der Waals surface area (Å²) in [6.07, 6.45) is 6.47. The Morgan fingerprint density at radius 1 is 1.30 bits per heavy atom. The summed E-state index contributed by atoms with van der Waals surface area (Å²) in [5, 5.41) is 17.4. The number of rotatable bonds is 5. The summed E-state index contributed by atoms with van der Waals surface area (Å²) in [5.74, 6) is -0.460. The maximum atomic E-state index is 14.4. The third kappa shape index (κ3) is 3.98. The predicted octanol–water partition coefficient (Wildman–Crippen LogP) is 2.19. The fourth-order valence-electron chi connectivity index (χ4n) is 4.21. The minimum absolute atomic E-state index is 0.250. The number of aromatic nitrogens is 2. The van der Waals surface area contributed by atoms with E-state index < -0.39 is 6.10 Å². The lowest BCUT2D eigenvalue weighted by molar-refractivity contribution is 0.0872. The summed E-state index contributed by atoms with van der Waals surface area (Å²) >= 11 is 0. The van der Waals surface area contributed by atoms with E-state index in [1.807, 2.05) is 21.8 Å². The van der Waals surface area contributed by atoms with E-state index in [2.05, 4.69) is 10.4 Å². The van der Waals surface area contributed by atoms with E-state index in [0.29, 0.717) is 18.5 Å². The number of halogens is 1. The van der Waals surface area contributed by atoms with Crippen LogP contribution >= 0.6 is 0 Å². The van der Waals surface area contributed by atoms with Crippen LogP contribution in [0.25, 0.3) is 0 Å². The second kappa shape index (κ2) is 7.68. The first-order valence-electron chi connectivity index (χ1n) is 9.61. The summed E-state index contributed by atoms with van der Waals surface area (Å²) in [6.45, 7) is 2.43. The molecule has 1 unspecified atom stereocenters. The first-order chi connectivity index (χ1) is 13.1. The average molecular weight is 372 g/mol. The number of anilines is 1. The van der Waals surface area contributed by atoms with Gasteiger partial charge in [0, 0.05) is 37.6 Å². The molecule has 2 heterocycles. The van der Waals surface area contributed by atoms with E-state index in [0.717, 1.165) is 32.5 Å². The highest BCUT2D eigenvalue weighted by Gasteiger charge is 2.34. The Morgan fingerprint density at radius 2 is 2.11 bits per heavy atom. The zero-order chi connectivity index (χ0) is 18.8. The molecular weight excluding hydrogens is 347 g/mol. The number of hydrogen-bond acceptors (Lipinski definition) is 4. The summed E-state index contributed by atoms with van der Waals surface area (Å²) in [5.41, 5.74) is 0.849. The Hall–Kier alpha value is -2.41. The molecule has 0 radical (unpaired) electrons. The van der Waals surface area contributed by atoms with Crippen LogP contribution in [0.4, 0.5) is 10.1 Å². The molecule has 6 nitrogen and oxygen atoms in total. The van der Waals surface area contributed by atoms with Gasteiger partial charge in [-0.2, -0.15) is 5.10 Å². The van der Waals surface area contributed by atoms with Crippen LogP contribution in [0.15, 0.2) is 36.7 Å². The topological polar surface area (TPSA) is 70.4 Å². The SMILES string of the molecule is O=C(N[C@@H]1CC(Cn2cccn2)C[C@H]1O)c1ccc(N2CCCC2)c(F)c1. The number of aliphatic hydroxyl groups excluding tert-OH is 1. The minimum atomic E-state index is -0.594. The van der Waals surface area contributed by atoms with E-state index in [4.69, 9.17) is 0 Å². The second-order valence-electron chi connectivity index (χ2n) is 7.57. The minimum Gasteiger partial charge on any atom is -0.391 e. The average Bonchev–Trinajstić information content (AvgIpc) is 3.39. The quantitative estimate of drug-likeness (QED) is 0.844. The molecule has 2 fully saturated rings. The smallest absolute Gasteiger partial charge is 0.251 e. The van der Waals surface area contributed by atoms with E-state index >= 15 is 0 Å². The molecule has 0 bridgehead atoms. The number of amides is 1. The van der Waals surface area contributed by atoms with Gasteiger partial charge in [-0.3, -0.25) is 9.48 Å². The molecule has 1 saturated carbocycles. The van der Waals surface area contributed by atoms with E-state index in [9.17, 15) is 14.3 Å². The van der Waals surface area contributed by atoms with Crippen molar-refractivity contribution >= 4 is 11.6 Å². The Labute approximate surface area is 158 Å². The lowest BCUT2D eigenvalue weighted by Gasteiger charge is -2.20. The van der Waals surface area contributed by atoms with Crippen molar-refractivity contribution in [2.75, 3.05) is 18.0 Å². The van der Waals surface area contributed by atoms with Crippen molar-refractivity contribution in [3.63, 3.8) is 0 Å². The number of carbonyl (C=O) groups is 1. The van der Waals surface area contributed by atoms with Crippen molar-refractivity contribution in [2.45, 2.75) is 44.4 Å². The van der Waals surface area contributed by atoms with Gasteiger partial charge in [0.25, 0.3) is 5.91 Å². The first-order valence-corrected chi connectivity index (χ1v) is 9.61. The maximum Gasteiger partial charge on any atom is 0.251 e. The summed E-state index contributed by atoms with van der Waals surface area (Å²) < 4.78 is 16.3. The Bertz CT molecular complexity index is 789. The van der Waals surface area contributed by atoms with Crippen LogP contribution in [-0.2, 0) is 6.54 Å². The lowest BCUT2D eigenvalue weighted by Crippen LogP contribution is -2.40. The lowest BCUT2D eigenvalue weighted by atomic mass is 10.1. The van der Waals surface area contributed by atoms with Crippen LogP contribution in [0.3, 0.4) is 0 Å². The molecule has 1 aromatic carbocycles. The Morgan fingerprint density at radius 3 is 2.81 bits per heavy atom. The van der Waals surface area contributed by atoms with Crippen molar-refractivity contribution in [2.24, 2.45) is 5.92 Å². The van der Waals surface area contributed by atoms with Crippen LogP contribution in [-0.4, -0.2) is 46.0 Å². The fraction of sp³-hybridized carbons (Fsp3) is 0.500. The van der Waals surface area contributed by atoms with Gasteiger partial charge in [-0.25, -0.2) is 4.39 Å². The molecule has 2 aromatic rings.